The van der Waals surface area contributed by atoms with Gasteiger partial charge in [-0.15, -0.1) is 0 Å². The van der Waals surface area contributed by atoms with Gasteiger partial charge in [-0.05, 0) is 34.9 Å². The van der Waals surface area contributed by atoms with E-state index in [2.05, 4.69) is 10.6 Å². The van der Waals surface area contributed by atoms with Gasteiger partial charge in [0.15, 0.2) is 6.04 Å². The lowest BCUT2D eigenvalue weighted by Gasteiger charge is -2.48. The number of nitrogens with zero attached hydrogens (tertiary/aromatic N) is 1. The van der Waals surface area contributed by atoms with E-state index in [4.69, 9.17) is 34.0 Å². The van der Waals surface area contributed by atoms with Crippen LogP contribution in [-0.2, 0) is 46.5 Å². The molecule has 44 heavy (non-hydrogen) atoms. The molecule has 1 saturated carbocycles. The van der Waals surface area contributed by atoms with E-state index in [9.17, 15) is 14.4 Å². The standard InChI is InChI=1S/C31H35N3O10/c35-10-9-32-28(37)22-3-1-2-21(14-22)16-33-30(39)31-15-23-24-25(42-18-41-24)27(31)44-34(26(31)29(38)43-23)17-20-6-4-19(5-7-20)8-12-40-13-11-36/h1-8,12,14,23-27,35-36H,9-11,13,15-18H2,(H,32,37)(H,33,39)/t23-,24+,25+,26+,27-,31+/m1/s1. The second-order valence-electron chi connectivity index (χ2n) is 11.1. The lowest BCUT2D eigenvalue weighted by molar-refractivity contribution is -0.201. The minimum atomic E-state index is -1.29. The number of amides is 2. The molecule has 6 atom stereocenters. The highest BCUT2D eigenvalue weighted by Crippen LogP contribution is 2.55. The van der Waals surface area contributed by atoms with Crippen LogP contribution >= 0.6 is 0 Å². The molecule has 0 aromatic heterocycles. The van der Waals surface area contributed by atoms with Gasteiger partial charge in [-0.25, -0.2) is 0 Å². The number of carbonyl (C=O) groups excluding carboxylic acids is 3. The highest BCUT2D eigenvalue weighted by atomic mass is 16.8. The topological polar surface area (TPSA) is 165 Å². The van der Waals surface area contributed by atoms with Gasteiger partial charge in [-0.1, -0.05) is 36.4 Å². The molecule has 2 aromatic carbocycles. The molecule has 2 amide bonds. The van der Waals surface area contributed by atoms with Gasteiger partial charge in [0.25, 0.3) is 5.91 Å². The fourth-order valence-corrected chi connectivity index (χ4v) is 6.44. The monoisotopic (exact) mass is 609 g/mol. The van der Waals surface area contributed by atoms with Crippen LogP contribution in [0.1, 0.15) is 33.5 Å². The Labute approximate surface area is 253 Å². The number of esters is 1. The first-order valence-electron chi connectivity index (χ1n) is 14.6. The van der Waals surface area contributed by atoms with E-state index in [1.807, 2.05) is 24.3 Å². The normalized spacial score (nSPS) is 28.9. The maximum absolute atomic E-state index is 14.2. The summed E-state index contributed by atoms with van der Waals surface area (Å²) in [6, 6.07) is 13.4. The van der Waals surface area contributed by atoms with Gasteiger partial charge in [0.1, 0.15) is 43.2 Å². The zero-order chi connectivity index (χ0) is 30.7. The number of benzene rings is 2. The van der Waals surface area contributed by atoms with Crippen molar-refractivity contribution in [3.05, 3.63) is 77.0 Å². The molecule has 1 aliphatic carbocycles. The number of carbonyl (C=O) groups is 3. The highest BCUT2D eigenvalue weighted by molar-refractivity contribution is 5.95. The van der Waals surface area contributed by atoms with Gasteiger partial charge in [0, 0.05) is 25.1 Å². The SMILES string of the molecule is O=C(NCCO)c1cccc(CNC(=O)[C@@]23C[C@H]4OC(=O)[C@@H]2N(Cc2ccc(C=COCCO)cc2)O[C@@H]3[C@H]2OCO[C@H]24)c1. The Kier molecular flexibility index (Phi) is 8.93. The molecule has 2 aromatic rings. The molecule has 0 radical (unpaired) electrons. The third-order valence-electron chi connectivity index (χ3n) is 8.42. The molecule has 4 N–H and O–H groups in total. The number of hydrogen-bond donors (Lipinski definition) is 4. The average molecular weight is 610 g/mol. The van der Waals surface area contributed by atoms with E-state index < -0.39 is 41.8 Å². The van der Waals surface area contributed by atoms with Gasteiger partial charge >= 0.3 is 5.97 Å². The number of ether oxygens (including phenoxy) is 4. The number of aliphatic hydroxyl groups is 2. The largest absolute Gasteiger partial charge is 0.499 e. The predicted molar refractivity (Wildman–Crippen MR) is 152 cm³/mol. The van der Waals surface area contributed by atoms with Crippen LogP contribution in [0.2, 0.25) is 0 Å². The first kappa shape index (κ1) is 30.2. The van der Waals surface area contributed by atoms with Crippen molar-refractivity contribution in [2.24, 2.45) is 5.41 Å². The van der Waals surface area contributed by atoms with Crippen LogP contribution in [-0.4, -0.2) is 96.7 Å². The number of fused-ring (bicyclic) bond motifs is 4. The predicted octanol–water partition coefficient (Wildman–Crippen LogP) is 0.246. The van der Waals surface area contributed by atoms with E-state index in [0.29, 0.717) is 11.1 Å². The van der Waals surface area contributed by atoms with Gasteiger partial charge in [0.05, 0.1) is 26.0 Å². The number of nitrogens with one attached hydrogen (secondary N) is 2. The van der Waals surface area contributed by atoms with Crippen LogP contribution < -0.4 is 10.6 Å². The molecule has 3 saturated heterocycles. The van der Waals surface area contributed by atoms with Crippen molar-refractivity contribution in [3.8, 4) is 0 Å². The van der Waals surface area contributed by atoms with E-state index in [0.717, 1.165) is 11.1 Å². The highest BCUT2D eigenvalue weighted by Gasteiger charge is 2.74. The Balaban J connectivity index is 1.22. The maximum Gasteiger partial charge on any atom is 0.327 e. The first-order valence-corrected chi connectivity index (χ1v) is 14.6. The Bertz CT molecular complexity index is 1400. The Hall–Kier alpha value is -3.85. The number of hydroxylamine groups is 2. The average Bonchev–Trinajstić information content (AvgIpc) is 3.66. The summed E-state index contributed by atoms with van der Waals surface area (Å²) in [4.78, 5) is 46.5. The summed E-state index contributed by atoms with van der Waals surface area (Å²) in [5.74, 6) is -1.26. The maximum atomic E-state index is 14.2. The number of rotatable bonds is 12. The van der Waals surface area contributed by atoms with Crippen LogP contribution in [0.15, 0.2) is 54.8 Å². The van der Waals surface area contributed by atoms with Crippen molar-refractivity contribution in [3.63, 3.8) is 0 Å². The first-order chi connectivity index (χ1) is 21.4. The van der Waals surface area contributed by atoms with Crippen LogP contribution in [0.5, 0.6) is 0 Å². The summed E-state index contributed by atoms with van der Waals surface area (Å²) in [6.45, 7) is 0.437. The van der Waals surface area contributed by atoms with Crippen molar-refractivity contribution in [2.75, 3.05) is 33.2 Å². The quantitative estimate of drug-likeness (QED) is 0.148. The fourth-order valence-electron chi connectivity index (χ4n) is 6.44. The lowest BCUT2D eigenvalue weighted by atomic mass is 9.62. The van der Waals surface area contributed by atoms with Crippen molar-refractivity contribution in [2.45, 2.75) is 50.0 Å². The summed E-state index contributed by atoms with van der Waals surface area (Å²) in [7, 11) is 0. The third kappa shape index (κ3) is 5.70. The van der Waals surface area contributed by atoms with Crippen LogP contribution in [0, 0.1) is 5.41 Å². The molecule has 4 aliphatic rings. The molecule has 3 heterocycles. The minimum Gasteiger partial charge on any atom is -0.499 e. The van der Waals surface area contributed by atoms with Crippen molar-refractivity contribution in [1.82, 2.24) is 15.7 Å². The van der Waals surface area contributed by atoms with E-state index in [-0.39, 0.29) is 64.5 Å². The van der Waals surface area contributed by atoms with Crippen molar-refractivity contribution in [1.29, 1.82) is 0 Å². The molecule has 3 aliphatic heterocycles. The van der Waals surface area contributed by atoms with Crippen LogP contribution in [0.25, 0.3) is 6.08 Å². The Morgan fingerprint density at radius 1 is 1.05 bits per heavy atom. The summed E-state index contributed by atoms with van der Waals surface area (Å²) in [5, 5.41) is 25.0. The smallest absolute Gasteiger partial charge is 0.327 e. The summed E-state index contributed by atoms with van der Waals surface area (Å²) in [5.41, 5.74) is 1.52. The summed E-state index contributed by atoms with van der Waals surface area (Å²) >= 11 is 0. The molecular formula is C31H35N3O10. The van der Waals surface area contributed by atoms with Crippen molar-refractivity contribution < 1.29 is 48.4 Å². The summed E-state index contributed by atoms with van der Waals surface area (Å²) in [6.07, 6.45) is 0.901. The van der Waals surface area contributed by atoms with Crippen LogP contribution in [0.3, 0.4) is 0 Å². The minimum absolute atomic E-state index is 0.00768. The van der Waals surface area contributed by atoms with Gasteiger partial charge in [0.2, 0.25) is 5.91 Å². The van der Waals surface area contributed by atoms with E-state index >= 15 is 0 Å². The third-order valence-corrected chi connectivity index (χ3v) is 8.42. The molecule has 13 nitrogen and oxygen atoms in total. The number of hydrogen-bond acceptors (Lipinski definition) is 11. The molecule has 2 bridgehead atoms. The van der Waals surface area contributed by atoms with E-state index in [1.54, 1.807) is 30.3 Å². The lowest BCUT2D eigenvalue weighted by Crippen LogP contribution is -2.69. The molecule has 4 fully saturated rings. The fraction of sp³-hybridized carbons (Fsp3) is 0.452. The second-order valence-corrected chi connectivity index (χ2v) is 11.1. The second kappa shape index (κ2) is 13.0. The van der Waals surface area contributed by atoms with E-state index in [1.165, 1.54) is 11.3 Å². The van der Waals surface area contributed by atoms with Gasteiger partial charge < -0.3 is 39.8 Å². The molecule has 0 unspecified atom stereocenters. The van der Waals surface area contributed by atoms with Crippen LogP contribution in [0.4, 0.5) is 0 Å². The van der Waals surface area contributed by atoms with Gasteiger partial charge in [-0.3, -0.25) is 19.2 Å². The zero-order valence-electron chi connectivity index (χ0n) is 23.9. The molecule has 0 spiro atoms. The Morgan fingerprint density at radius 2 is 1.86 bits per heavy atom. The van der Waals surface area contributed by atoms with Crippen molar-refractivity contribution >= 4 is 23.9 Å². The Morgan fingerprint density at radius 3 is 2.66 bits per heavy atom. The number of aliphatic hydroxyl groups excluding tert-OH is 2. The molecule has 234 valence electrons. The van der Waals surface area contributed by atoms with Gasteiger partial charge in [-0.2, -0.15) is 5.06 Å². The molecule has 6 rings (SSSR count). The summed E-state index contributed by atoms with van der Waals surface area (Å²) < 4.78 is 22.6. The molecule has 13 heteroatoms. The molecular weight excluding hydrogens is 574 g/mol. The zero-order valence-corrected chi connectivity index (χ0v) is 23.9.